The van der Waals surface area contributed by atoms with Crippen LogP contribution in [-0.4, -0.2) is 17.4 Å². The molecule has 0 saturated carbocycles. The number of allylic oxidation sites excluding steroid dienone is 2. The average Bonchev–Trinajstić information content (AvgIpc) is 2.56. The first-order chi connectivity index (χ1) is 7.29. The summed E-state index contributed by atoms with van der Waals surface area (Å²) in [5.41, 5.74) is 1.08. The fourth-order valence-electron chi connectivity index (χ4n) is 1.79. The lowest BCUT2D eigenvalue weighted by Crippen LogP contribution is -2.25. The lowest BCUT2D eigenvalue weighted by atomic mass is 10.2. The highest BCUT2D eigenvalue weighted by Crippen LogP contribution is 2.16. The maximum atomic E-state index is 11.5. The van der Waals surface area contributed by atoms with Crippen LogP contribution in [0.3, 0.4) is 0 Å². The minimum Gasteiger partial charge on any atom is -0.309 e. The summed E-state index contributed by atoms with van der Waals surface area (Å²) in [5.74, 6) is 0.145. The normalized spacial score (nSPS) is 18.1. The summed E-state index contributed by atoms with van der Waals surface area (Å²) in [5, 5.41) is 0. The van der Waals surface area contributed by atoms with Gasteiger partial charge in [0.05, 0.1) is 0 Å². The Balaban J connectivity index is 2.38. The standard InChI is InChI=1S/C13H21NO/c1-3-5-6-7-11-14-12(8-4-2)9-10-13(14)15/h8-10H,3-7,11H2,1-2H3/b12-8-. The summed E-state index contributed by atoms with van der Waals surface area (Å²) >= 11 is 0. The van der Waals surface area contributed by atoms with Gasteiger partial charge in [-0.1, -0.05) is 39.2 Å². The van der Waals surface area contributed by atoms with Gasteiger partial charge in [0.15, 0.2) is 0 Å². The van der Waals surface area contributed by atoms with E-state index in [0.717, 1.165) is 25.1 Å². The predicted molar refractivity (Wildman–Crippen MR) is 63.4 cm³/mol. The zero-order chi connectivity index (χ0) is 11.1. The van der Waals surface area contributed by atoms with Crippen LogP contribution in [0.25, 0.3) is 0 Å². The van der Waals surface area contributed by atoms with Gasteiger partial charge in [-0.2, -0.15) is 0 Å². The Labute approximate surface area is 92.7 Å². The second-order valence-electron chi connectivity index (χ2n) is 3.92. The van der Waals surface area contributed by atoms with Crippen LogP contribution >= 0.6 is 0 Å². The summed E-state index contributed by atoms with van der Waals surface area (Å²) in [7, 11) is 0. The molecule has 0 unspecified atom stereocenters. The van der Waals surface area contributed by atoms with Crippen LogP contribution in [0, 0.1) is 0 Å². The maximum Gasteiger partial charge on any atom is 0.251 e. The van der Waals surface area contributed by atoms with Crippen molar-refractivity contribution in [3.05, 3.63) is 23.9 Å². The van der Waals surface area contributed by atoms with Crippen molar-refractivity contribution >= 4 is 5.91 Å². The van der Waals surface area contributed by atoms with Crippen molar-refractivity contribution in [2.75, 3.05) is 6.54 Å². The van der Waals surface area contributed by atoms with Gasteiger partial charge < -0.3 is 4.90 Å². The molecule has 2 heteroatoms. The van der Waals surface area contributed by atoms with Crippen LogP contribution in [0.4, 0.5) is 0 Å². The molecule has 84 valence electrons. The van der Waals surface area contributed by atoms with Crippen LogP contribution in [0.15, 0.2) is 23.9 Å². The molecule has 15 heavy (non-hydrogen) atoms. The van der Waals surface area contributed by atoms with Crippen LogP contribution in [-0.2, 0) is 4.79 Å². The van der Waals surface area contributed by atoms with E-state index in [2.05, 4.69) is 19.9 Å². The Morgan fingerprint density at radius 3 is 2.67 bits per heavy atom. The molecule has 1 aliphatic heterocycles. The minimum atomic E-state index is 0.145. The highest BCUT2D eigenvalue weighted by Gasteiger charge is 2.18. The molecule has 0 bridgehead atoms. The molecule has 0 aliphatic carbocycles. The van der Waals surface area contributed by atoms with E-state index in [1.807, 2.05) is 11.0 Å². The average molecular weight is 207 g/mol. The fraction of sp³-hybridized carbons (Fsp3) is 0.615. The number of hydrogen-bond acceptors (Lipinski definition) is 1. The number of nitrogens with zero attached hydrogens (tertiary/aromatic N) is 1. The van der Waals surface area contributed by atoms with Crippen LogP contribution < -0.4 is 0 Å². The molecule has 0 atom stereocenters. The lowest BCUT2D eigenvalue weighted by Gasteiger charge is -2.17. The first-order valence-electron chi connectivity index (χ1n) is 5.99. The van der Waals surface area contributed by atoms with Crippen LogP contribution in [0.5, 0.6) is 0 Å². The van der Waals surface area contributed by atoms with Crippen molar-refractivity contribution in [1.82, 2.24) is 4.90 Å². The highest BCUT2D eigenvalue weighted by atomic mass is 16.2. The number of rotatable bonds is 6. The van der Waals surface area contributed by atoms with E-state index in [1.54, 1.807) is 6.08 Å². The molecule has 1 aliphatic rings. The fourth-order valence-corrected chi connectivity index (χ4v) is 1.79. The van der Waals surface area contributed by atoms with Gasteiger partial charge >= 0.3 is 0 Å². The van der Waals surface area contributed by atoms with Crippen molar-refractivity contribution in [3.63, 3.8) is 0 Å². The zero-order valence-electron chi connectivity index (χ0n) is 9.83. The molecule has 0 fully saturated rings. The molecule has 0 radical (unpaired) electrons. The first-order valence-corrected chi connectivity index (χ1v) is 5.99. The first kappa shape index (κ1) is 12.0. The van der Waals surface area contributed by atoms with Crippen molar-refractivity contribution < 1.29 is 4.79 Å². The van der Waals surface area contributed by atoms with E-state index in [9.17, 15) is 4.79 Å². The second-order valence-corrected chi connectivity index (χ2v) is 3.92. The summed E-state index contributed by atoms with van der Waals surface area (Å²) < 4.78 is 0. The molecule has 0 N–H and O–H groups in total. The largest absolute Gasteiger partial charge is 0.309 e. The molecule has 0 aromatic heterocycles. The summed E-state index contributed by atoms with van der Waals surface area (Å²) in [6.07, 6.45) is 11.5. The SMILES string of the molecule is CC/C=C1/C=CC(=O)N1CCCCCC. The Bertz CT molecular complexity index is 266. The van der Waals surface area contributed by atoms with E-state index >= 15 is 0 Å². The second kappa shape index (κ2) is 6.44. The lowest BCUT2D eigenvalue weighted by molar-refractivity contribution is -0.123. The Kier molecular flexibility index (Phi) is 5.16. The highest BCUT2D eigenvalue weighted by molar-refractivity contribution is 5.93. The summed E-state index contributed by atoms with van der Waals surface area (Å²) in [6, 6.07) is 0. The molecule has 1 amide bonds. The molecule has 0 aromatic carbocycles. The molecule has 2 nitrogen and oxygen atoms in total. The molecule has 0 aromatic rings. The van der Waals surface area contributed by atoms with Gasteiger partial charge in [0.25, 0.3) is 5.91 Å². The molecule has 1 heterocycles. The minimum absolute atomic E-state index is 0.145. The molecule has 0 spiro atoms. The molecule has 0 saturated heterocycles. The summed E-state index contributed by atoms with van der Waals surface area (Å²) in [4.78, 5) is 13.4. The predicted octanol–water partition coefficient (Wildman–Crippen LogP) is 3.26. The number of carbonyl (C=O) groups is 1. The van der Waals surface area contributed by atoms with E-state index in [0.29, 0.717) is 0 Å². The quantitative estimate of drug-likeness (QED) is 0.612. The molecule has 1 rings (SSSR count). The van der Waals surface area contributed by atoms with Crippen LogP contribution in [0.2, 0.25) is 0 Å². The van der Waals surface area contributed by atoms with Crippen molar-refractivity contribution in [2.24, 2.45) is 0 Å². The van der Waals surface area contributed by atoms with Gasteiger partial charge in [-0.25, -0.2) is 0 Å². The number of unbranched alkanes of at least 4 members (excludes halogenated alkanes) is 3. The van der Waals surface area contributed by atoms with Gasteiger partial charge in [-0.3, -0.25) is 4.79 Å². The van der Waals surface area contributed by atoms with Gasteiger partial charge in [0, 0.05) is 18.3 Å². The third kappa shape index (κ3) is 3.54. The zero-order valence-corrected chi connectivity index (χ0v) is 9.83. The van der Waals surface area contributed by atoms with Gasteiger partial charge in [0.1, 0.15) is 0 Å². The third-order valence-electron chi connectivity index (χ3n) is 2.62. The van der Waals surface area contributed by atoms with E-state index in [-0.39, 0.29) is 5.91 Å². The molecular formula is C13H21NO. The van der Waals surface area contributed by atoms with Crippen LogP contribution in [0.1, 0.15) is 46.0 Å². The Hall–Kier alpha value is -1.05. The Morgan fingerprint density at radius 1 is 1.20 bits per heavy atom. The van der Waals surface area contributed by atoms with Crippen molar-refractivity contribution in [3.8, 4) is 0 Å². The molecular weight excluding hydrogens is 186 g/mol. The third-order valence-corrected chi connectivity index (χ3v) is 2.62. The van der Waals surface area contributed by atoms with Crippen molar-refractivity contribution in [1.29, 1.82) is 0 Å². The smallest absolute Gasteiger partial charge is 0.251 e. The number of amides is 1. The van der Waals surface area contributed by atoms with E-state index in [4.69, 9.17) is 0 Å². The monoisotopic (exact) mass is 207 g/mol. The van der Waals surface area contributed by atoms with Gasteiger partial charge in [-0.05, 0) is 18.9 Å². The van der Waals surface area contributed by atoms with E-state index in [1.165, 1.54) is 19.3 Å². The Morgan fingerprint density at radius 2 is 2.00 bits per heavy atom. The van der Waals surface area contributed by atoms with Gasteiger partial charge in [-0.15, -0.1) is 0 Å². The van der Waals surface area contributed by atoms with Crippen molar-refractivity contribution in [2.45, 2.75) is 46.0 Å². The van der Waals surface area contributed by atoms with Gasteiger partial charge in [0.2, 0.25) is 0 Å². The maximum absolute atomic E-state index is 11.5. The van der Waals surface area contributed by atoms with E-state index < -0.39 is 0 Å². The summed E-state index contributed by atoms with van der Waals surface area (Å²) in [6.45, 7) is 5.17. The number of hydrogen-bond donors (Lipinski definition) is 0. The topological polar surface area (TPSA) is 20.3 Å². The number of carbonyl (C=O) groups excluding carboxylic acids is 1.